The number of amides is 1. The van der Waals surface area contributed by atoms with Gasteiger partial charge < -0.3 is 9.64 Å². The molecular formula is C20H19BrN4O4S. The van der Waals surface area contributed by atoms with Gasteiger partial charge >= 0.3 is 0 Å². The van der Waals surface area contributed by atoms with Crippen molar-refractivity contribution in [3.63, 3.8) is 0 Å². The molecule has 2 heterocycles. The molecule has 0 atom stereocenters. The van der Waals surface area contributed by atoms with Crippen molar-refractivity contribution in [2.24, 2.45) is 0 Å². The first-order chi connectivity index (χ1) is 14.5. The van der Waals surface area contributed by atoms with Gasteiger partial charge in [-0.2, -0.15) is 5.10 Å². The smallest absolute Gasteiger partial charge is 0.276 e. The summed E-state index contributed by atoms with van der Waals surface area (Å²) in [5, 5.41) is 4.40. The Bertz CT molecular complexity index is 1160. The quantitative estimate of drug-likeness (QED) is 0.593. The number of carbonyl (C=O) groups excluding carboxylic acids is 1. The van der Waals surface area contributed by atoms with Crippen LogP contribution in [-0.2, 0) is 14.8 Å². The Morgan fingerprint density at radius 2 is 1.70 bits per heavy atom. The molecule has 2 aromatic carbocycles. The summed E-state index contributed by atoms with van der Waals surface area (Å²) in [4.78, 5) is 14.8. The second-order valence-corrected chi connectivity index (χ2v) is 9.12. The summed E-state index contributed by atoms with van der Waals surface area (Å²) in [6.07, 6.45) is 1.51. The van der Waals surface area contributed by atoms with Crippen molar-refractivity contribution in [1.82, 2.24) is 14.7 Å². The molecule has 1 N–H and O–H groups in total. The molecule has 10 heteroatoms. The third kappa shape index (κ3) is 4.25. The Morgan fingerprint density at radius 1 is 1.03 bits per heavy atom. The molecule has 30 heavy (non-hydrogen) atoms. The predicted octanol–water partition coefficient (Wildman–Crippen LogP) is 2.91. The zero-order valence-electron chi connectivity index (χ0n) is 15.9. The SMILES string of the molecule is O=C(c1nn(-c2ccccc2)cc1NS(=O)(=O)c1ccccc1Br)N1CCOCC1. The Kier molecular flexibility index (Phi) is 5.89. The molecule has 1 aliphatic rings. The standard InChI is InChI=1S/C20H19BrN4O4S/c21-16-8-4-5-9-18(16)30(27,28)23-17-14-25(15-6-2-1-3-7-15)22-19(17)20(26)24-10-12-29-13-11-24/h1-9,14,23H,10-13H2. The molecule has 1 aromatic heterocycles. The molecule has 0 spiro atoms. The number of hydrogen-bond donors (Lipinski definition) is 1. The van der Waals surface area contributed by atoms with Crippen molar-refractivity contribution in [3.05, 3.63) is 71.0 Å². The number of hydrogen-bond acceptors (Lipinski definition) is 5. The number of para-hydroxylation sites is 1. The molecule has 0 unspecified atom stereocenters. The number of nitrogens with zero attached hydrogens (tertiary/aromatic N) is 3. The van der Waals surface area contributed by atoms with Crippen LogP contribution in [0.15, 0.2) is 70.2 Å². The maximum Gasteiger partial charge on any atom is 0.276 e. The van der Waals surface area contributed by atoms with Gasteiger partial charge in [0.25, 0.3) is 15.9 Å². The number of rotatable bonds is 5. The highest BCUT2D eigenvalue weighted by Crippen LogP contribution is 2.26. The highest BCUT2D eigenvalue weighted by molar-refractivity contribution is 9.10. The lowest BCUT2D eigenvalue weighted by molar-refractivity contribution is 0.0299. The maximum absolute atomic E-state index is 13.1. The van der Waals surface area contributed by atoms with E-state index in [0.717, 1.165) is 0 Å². The number of anilines is 1. The van der Waals surface area contributed by atoms with Gasteiger partial charge in [0.2, 0.25) is 0 Å². The van der Waals surface area contributed by atoms with Gasteiger partial charge in [-0.3, -0.25) is 9.52 Å². The third-order valence-corrected chi connectivity index (χ3v) is 6.98. The Hall–Kier alpha value is -2.69. The topological polar surface area (TPSA) is 93.5 Å². The van der Waals surface area contributed by atoms with Crippen LogP contribution in [0.25, 0.3) is 5.69 Å². The minimum atomic E-state index is -3.95. The second-order valence-electron chi connectivity index (χ2n) is 6.61. The Labute approximate surface area is 182 Å². The zero-order chi connectivity index (χ0) is 21.1. The van der Waals surface area contributed by atoms with Crippen LogP contribution in [0.5, 0.6) is 0 Å². The largest absolute Gasteiger partial charge is 0.378 e. The molecule has 8 nitrogen and oxygen atoms in total. The Balaban J connectivity index is 1.74. The van der Waals surface area contributed by atoms with E-state index < -0.39 is 10.0 Å². The van der Waals surface area contributed by atoms with Gasteiger partial charge in [0.1, 0.15) is 10.6 Å². The summed E-state index contributed by atoms with van der Waals surface area (Å²) in [5.41, 5.74) is 0.863. The molecule has 1 amide bonds. The van der Waals surface area contributed by atoms with Gasteiger partial charge in [-0.05, 0) is 40.2 Å². The van der Waals surface area contributed by atoms with Crippen LogP contribution in [0, 0.1) is 0 Å². The van der Waals surface area contributed by atoms with Crippen molar-refractivity contribution in [2.75, 3.05) is 31.0 Å². The molecule has 156 valence electrons. The molecular weight excluding hydrogens is 472 g/mol. The van der Waals surface area contributed by atoms with E-state index in [1.54, 1.807) is 23.1 Å². The van der Waals surface area contributed by atoms with E-state index in [0.29, 0.717) is 36.5 Å². The van der Waals surface area contributed by atoms with Crippen LogP contribution in [-0.4, -0.2) is 55.3 Å². The van der Waals surface area contributed by atoms with E-state index in [4.69, 9.17) is 4.74 Å². The van der Waals surface area contributed by atoms with Crippen LogP contribution in [0.2, 0.25) is 0 Å². The number of benzene rings is 2. The van der Waals surface area contributed by atoms with Crippen LogP contribution in [0.1, 0.15) is 10.5 Å². The van der Waals surface area contributed by atoms with Gasteiger partial charge in [0.05, 0.1) is 25.1 Å². The first-order valence-corrected chi connectivity index (χ1v) is 11.5. The normalized spacial score (nSPS) is 14.5. The number of carbonyl (C=O) groups is 1. The van der Waals surface area contributed by atoms with Gasteiger partial charge in [0, 0.05) is 17.6 Å². The molecule has 4 rings (SSSR count). The number of halogens is 1. The highest BCUT2D eigenvalue weighted by Gasteiger charge is 2.28. The molecule has 0 radical (unpaired) electrons. The fourth-order valence-electron chi connectivity index (χ4n) is 3.10. The summed E-state index contributed by atoms with van der Waals surface area (Å²) in [7, 11) is -3.95. The Morgan fingerprint density at radius 3 is 2.40 bits per heavy atom. The summed E-state index contributed by atoms with van der Waals surface area (Å²) in [6.45, 7) is 1.72. The summed E-state index contributed by atoms with van der Waals surface area (Å²) < 4.78 is 35.7. The van der Waals surface area contributed by atoms with Crippen molar-refractivity contribution in [3.8, 4) is 5.69 Å². The van der Waals surface area contributed by atoms with Crippen molar-refractivity contribution in [2.45, 2.75) is 4.90 Å². The minimum Gasteiger partial charge on any atom is -0.378 e. The molecule has 1 saturated heterocycles. The predicted molar refractivity (Wildman–Crippen MR) is 115 cm³/mol. The summed E-state index contributed by atoms with van der Waals surface area (Å²) in [5.74, 6) is -0.349. The monoisotopic (exact) mass is 490 g/mol. The zero-order valence-corrected chi connectivity index (χ0v) is 18.3. The van der Waals surface area contributed by atoms with E-state index in [1.807, 2.05) is 30.3 Å². The molecule has 1 fully saturated rings. The molecule has 1 aliphatic heterocycles. The summed E-state index contributed by atoms with van der Waals surface area (Å²) >= 11 is 3.27. The number of nitrogens with one attached hydrogen (secondary N) is 1. The van der Waals surface area contributed by atoms with Crippen LogP contribution in [0.3, 0.4) is 0 Å². The molecule has 3 aromatic rings. The van der Waals surface area contributed by atoms with E-state index in [-0.39, 0.29) is 22.2 Å². The van der Waals surface area contributed by atoms with Crippen molar-refractivity contribution < 1.29 is 17.9 Å². The lowest BCUT2D eigenvalue weighted by atomic mass is 10.3. The molecule has 0 saturated carbocycles. The van der Waals surface area contributed by atoms with Crippen molar-refractivity contribution >= 4 is 37.5 Å². The van der Waals surface area contributed by atoms with Crippen LogP contribution >= 0.6 is 15.9 Å². The third-order valence-electron chi connectivity index (χ3n) is 4.61. The van der Waals surface area contributed by atoms with Crippen LogP contribution in [0.4, 0.5) is 5.69 Å². The number of morpholine rings is 1. The first kappa shape index (κ1) is 20.6. The lowest BCUT2D eigenvalue weighted by Gasteiger charge is -2.26. The van der Waals surface area contributed by atoms with Gasteiger partial charge in [0.15, 0.2) is 5.69 Å². The van der Waals surface area contributed by atoms with E-state index in [9.17, 15) is 13.2 Å². The first-order valence-electron chi connectivity index (χ1n) is 9.25. The van der Waals surface area contributed by atoms with Crippen molar-refractivity contribution in [1.29, 1.82) is 0 Å². The van der Waals surface area contributed by atoms with Gasteiger partial charge in [-0.1, -0.05) is 30.3 Å². The van der Waals surface area contributed by atoms with Gasteiger partial charge in [-0.15, -0.1) is 0 Å². The summed E-state index contributed by atoms with van der Waals surface area (Å²) in [6, 6.07) is 15.7. The lowest BCUT2D eigenvalue weighted by Crippen LogP contribution is -2.41. The van der Waals surface area contributed by atoms with E-state index in [2.05, 4.69) is 25.8 Å². The van der Waals surface area contributed by atoms with Crippen LogP contribution < -0.4 is 4.72 Å². The molecule has 0 bridgehead atoms. The minimum absolute atomic E-state index is 0.0383. The second kappa shape index (κ2) is 8.58. The van der Waals surface area contributed by atoms with Gasteiger partial charge in [-0.25, -0.2) is 13.1 Å². The van der Waals surface area contributed by atoms with E-state index >= 15 is 0 Å². The number of aromatic nitrogens is 2. The average molecular weight is 491 g/mol. The van der Waals surface area contributed by atoms with E-state index in [1.165, 1.54) is 16.9 Å². The maximum atomic E-state index is 13.1. The fraction of sp³-hybridized carbons (Fsp3) is 0.200. The highest BCUT2D eigenvalue weighted by atomic mass is 79.9. The molecule has 0 aliphatic carbocycles. The number of sulfonamides is 1. The average Bonchev–Trinajstić information content (AvgIpc) is 3.17. The fourth-order valence-corrected chi connectivity index (χ4v) is 5.15. The number of ether oxygens (including phenoxy) is 1.